The molecule has 1 unspecified atom stereocenters. The van der Waals surface area contributed by atoms with E-state index in [1.165, 1.54) is 30.5 Å². The zero-order chi connectivity index (χ0) is 31.6. The Hall–Kier alpha value is -4.40. The van der Waals surface area contributed by atoms with Crippen molar-refractivity contribution >= 4 is 27.5 Å². The van der Waals surface area contributed by atoms with Crippen molar-refractivity contribution in [3.05, 3.63) is 60.1 Å². The molecule has 6 heterocycles. The van der Waals surface area contributed by atoms with Crippen molar-refractivity contribution in [1.29, 1.82) is 0 Å². The van der Waals surface area contributed by atoms with Crippen LogP contribution in [-0.2, 0) is 0 Å². The van der Waals surface area contributed by atoms with Gasteiger partial charge in [0.25, 0.3) is 0 Å². The van der Waals surface area contributed by atoms with Crippen LogP contribution < -0.4 is 15.0 Å². The molecule has 0 spiro atoms. The van der Waals surface area contributed by atoms with Crippen LogP contribution in [0.5, 0.6) is 11.8 Å². The van der Waals surface area contributed by atoms with Gasteiger partial charge in [0.2, 0.25) is 0 Å². The third-order valence-corrected chi connectivity index (χ3v) is 10.4. The predicted molar refractivity (Wildman–Crippen MR) is 169 cm³/mol. The number of nitrogens with zero attached hydrogens (tertiary/aromatic N) is 5. The lowest BCUT2D eigenvalue weighted by molar-refractivity contribution is 0.108. The van der Waals surface area contributed by atoms with Crippen LogP contribution in [0.15, 0.2) is 42.9 Å². The number of hydrogen-bond donors (Lipinski definition) is 2. The molecule has 11 heteroatoms. The molecule has 0 saturated carbocycles. The highest BCUT2D eigenvalue weighted by atomic mass is 19.1. The van der Waals surface area contributed by atoms with Gasteiger partial charge in [0, 0.05) is 36.3 Å². The monoisotopic (exact) mass is 626 g/mol. The van der Waals surface area contributed by atoms with Crippen LogP contribution in [0.2, 0.25) is 0 Å². The number of fused-ring (bicyclic) bond motifs is 5. The van der Waals surface area contributed by atoms with E-state index in [2.05, 4.69) is 26.1 Å². The number of terminal acetylenes is 1. The summed E-state index contributed by atoms with van der Waals surface area (Å²) in [5.74, 6) is 1.26. The van der Waals surface area contributed by atoms with Gasteiger partial charge in [-0.25, -0.2) is 13.2 Å². The molecule has 4 aromatic rings. The molecule has 0 amide bonds. The van der Waals surface area contributed by atoms with E-state index in [1.807, 2.05) is 4.90 Å². The Morgan fingerprint density at radius 1 is 1.15 bits per heavy atom. The van der Waals surface area contributed by atoms with Crippen molar-refractivity contribution in [2.24, 2.45) is 0 Å². The summed E-state index contributed by atoms with van der Waals surface area (Å²) in [7, 11) is 0. The average molecular weight is 627 g/mol. The van der Waals surface area contributed by atoms with Gasteiger partial charge in [0.1, 0.15) is 35.2 Å². The zero-order valence-electron chi connectivity index (χ0n) is 25.2. The summed E-state index contributed by atoms with van der Waals surface area (Å²) < 4.78 is 51.5. The van der Waals surface area contributed by atoms with E-state index in [-0.39, 0.29) is 51.1 Å². The lowest BCUT2D eigenvalue weighted by Crippen LogP contribution is -2.59. The Balaban J connectivity index is 1.29. The number of phenolic OH excluding ortho intramolecular Hbond substituents is 1. The number of benzene rings is 2. The van der Waals surface area contributed by atoms with Crippen LogP contribution in [0.4, 0.5) is 19.0 Å². The van der Waals surface area contributed by atoms with E-state index in [4.69, 9.17) is 16.1 Å². The van der Waals surface area contributed by atoms with E-state index in [1.54, 1.807) is 6.08 Å². The van der Waals surface area contributed by atoms with Gasteiger partial charge in [-0.05, 0) is 81.3 Å². The van der Waals surface area contributed by atoms with Gasteiger partial charge in [-0.1, -0.05) is 12.0 Å². The highest BCUT2D eigenvalue weighted by Gasteiger charge is 2.46. The van der Waals surface area contributed by atoms with Gasteiger partial charge in [-0.3, -0.25) is 9.88 Å². The topological polar surface area (TPSA) is 86.6 Å². The maximum atomic E-state index is 16.9. The SMILES string of the molecule is C#Cc1c(F)ccc2cc(O)cc(-c3ncc4c(N5CC6CC[C@@](/C=C/F)(C5)N6)nc(OCC56CCCN5CCC6)nc4c3F)c12. The Morgan fingerprint density at radius 3 is 2.76 bits per heavy atom. The quantitative estimate of drug-likeness (QED) is 0.267. The zero-order valence-corrected chi connectivity index (χ0v) is 25.2. The van der Waals surface area contributed by atoms with Crippen LogP contribution in [0.25, 0.3) is 32.9 Å². The summed E-state index contributed by atoms with van der Waals surface area (Å²) >= 11 is 0. The fraction of sp³-hybridized carbons (Fsp3) is 0.400. The van der Waals surface area contributed by atoms with Crippen molar-refractivity contribution in [2.45, 2.75) is 55.6 Å². The summed E-state index contributed by atoms with van der Waals surface area (Å²) in [5.41, 5.74) is -0.733. The molecule has 4 fully saturated rings. The first-order valence-electron chi connectivity index (χ1n) is 15.8. The molecule has 4 saturated heterocycles. The summed E-state index contributed by atoms with van der Waals surface area (Å²) in [4.78, 5) is 18.4. The third-order valence-electron chi connectivity index (χ3n) is 10.4. The number of pyridine rings is 1. The first-order chi connectivity index (χ1) is 22.3. The number of nitrogens with one attached hydrogen (secondary N) is 1. The molecule has 8 rings (SSSR count). The van der Waals surface area contributed by atoms with Gasteiger partial charge in [0.15, 0.2) is 5.82 Å². The summed E-state index contributed by atoms with van der Waals surface area (Å²) in [6.45, 7) is 3.44. The molecule has 2 aromatic heterocycles. The van der Waals surface area contributed by atoms with Crippen LogP contribution in [0.3, 0.4) is 0 Å². The molecule has 2 aromatic carbocycles. The smallest absolute Gasteiger partial charge is 0.319 e. The molecule has 2 N–H and O–H groups in total. The average Bonchev–Trinajstić information content (AvgIpc) is 3.72. The largest absolute Gasteiger partial charge is 0.508 e. The Morgan fingerprint density at radius 2 is 1.98 bits per heavy atom. The van der Waals surface area contributed by atoms with Gasteiger partial charge >= 0.3 is 6.01 Å². The number of anilines is 1. The first kappa shape index (κ1) is 29.0. The fourth-order valence-corrected chi connectivity index (χ4v) is 8.31. The molecule has 4 aliphatic rings. The number of hydrogen-bond acceptors (Lipinski definition) is 8. The lowest BCUT2D eigenvalue weighted by Gasteiger charge is -2.40. The highest BCUT2D eigenvalue weighted by Crippen LogP contribution is 2.42. The number of rotatable bonds is 6. The second-order valence-corrected chi connectivity index (χ2v) is 13.1. The van der Waals surface area contributed by atoms with Crippen LogP contribution in [0.1, 0.15) is 44.1 Å². The molecular formula is C35H33F3N6O2. The van der Waals surface area contributed by atoms with E-state index in [9.17, 15) is 13.9 Å². The van der Waals surface area contributed by atoms with Gasteiger partial charge in [-0.2, -0.15) is 9.97 Å². The molecule has 8 nitrogen and oxygen atoms in total. The number of piperazine rings is 1. The molecule has 236 valence electrons. The van der Waals surface area contributed by atoms with E-state index >= 15 is 4.39 Å². The molecule has 2 atom stereocenters. The fourth-order valence-electron chi connectivity index (χ4n) is 8.31. The predicted octanol–water partition coefficient (Wildman–Crippen LogP) is 5.61. The first-order valence-corrected chi connectivity index (χ1v) is 15.8. The van der Waals surface area contributed by atoms with E-state index < -0.39 is 17.2 Å². The van der Waals surface area contributed by atoms with Crippen molar-refractivity contribution in [2.75, 3.05) is 37.7 Å². The number of aromatic nitrogens is 3. The normalized spacial score (nSPS) is 23.9. The van der Waals surface area contributed by atoms with E-state index in [0.717, 1.165) is 51.6 Å². The Kier molecular flexibility index (Phi) is 6.85. The minimum absolute atomic E-state index is 0.0201. The maximum absolute atomic E-state index is 16.9. The Bertz CT molecular complexity index is 1950. The summed E-state index contributed by atoms with van der Waals surface area (Å²) in [6, 6.07) is 5.61. The second kappa shape index (κ2) is 10.9. The van der Waals surface area contributed by atoms with Crippen molar-refractivity contribution in [3.8, 4) is 35.4 Å². The molecular weight excluding hydrogens is 593 g/mol. The minimum atomic E-state index is -0.775. The lowest BCUT2D eigenvalue weighted by atomic mass is 9.95. The van der Waals surface area contributed by atoms with E-state index in [0.29, 0.717) is 42.6 Å². The molecule has 2 bridgehead atoms. The van der Waals surface area contributed by atoms with Crippen LogP contribution in [0, 0.1) is 24.0 Å². The molecule has 46 heavy (non-hydrogen) atoms. The minimum Gasteiger partial charge on any atom is -0.508 e. The van der Waals surface area contributed by atoms with Crippen LogP contribution in [-0.4, -0.2) is 74.9 Å². The van der Waals surface area contributed by atoms with Gasteiger partial charge < -0.3 is 20.1 Å². The number of phenols is 1. The summed E-state index contributed by atoms with van der Waals surface area (Å²) in [6.07, 6.45) is 15.2. The number of aromatic hydroxyl groups is 1. The third kappa shape index (κ3) is 4.57. The standard InChI is InChI=1S/C35H33F3N6O2/c1-2-24-27(37)6-5-21-15-23(45)16-25(28(21)24)30-29(38)31-26(17-39-30)32(43-18-22-7-10-34(19-43,42-22)11-12-36)41-33(40-31)46-20-35-8-3-13-44(35)14-4-9-35/h1,5-6,11-12,15-17,22,42,45H,3-4,7-10,13-14,18-20H2/b12-11+/t22?,34-/m1/s1. The summed E-state index contributed by atoms with van der Waals surface area (Å²) in [5, 5.41) is 15.1. The molecule has 0 aliphatic carbocycles. The second-order valence-electron chi connectivity index (χ2n) is 13.1. The van der Waals surface area contributed by atoms with Gasteiger partial charge in [0.05, 0.1) is 28.4 Å². The number of ether oxygens (including phenoxy) is 1. The Labute approximate surface area is 264 Å². The van der Waals surface area contributed by atoms with Gasteiger partial charge in [-0.15, -0.1) is 6.42 Å². The van der Waals surface area contributed by atoms with Crippen LogP contribution >= 0.6 is 0 Å². The van der Waals surface area contributed by atoms with Crippen molar-refractivity contribution < 1.29 is 23.0 Å². The molecule has 4 aliphatic heterocycles. The highest BCUT2D eigenvalue weighted by molar-refractivity contribution is 6.03. The van der Waals surface area contributed by atoms with Crippen molar-refractivity contribution in [3.63, 3.8) is 0 Å². The molecule has 0 radical (unpaired) electrons. The maximum Gasteiger partial charge on any atom is 0.319 e. The van der Waals surface area contributed by atoms with Crippen molar-refractivity contribution in [1.82, 2.24) is 25.2 Å². The number of halogens is 3.